The number of nitrogens with one attached hydrogen (secondary N) is 2. The molecule has 1 heterocycles. The van der Waals surface area contributed by atoms with E-state index in [2.05, 4.69) is 27.5 Å². The van der Waals surface area contributed by atoms with E-state index in [1.54, 1.807) is 6.20 Å². The van der Waals surface area contributed by atoms with Crippen molar-refractivity contribution in [2.75, 3.05) is 11.9 Å². The number of unbranched alkanes of at least 4 members (excludes halogenated alkanes) is 1. The van der Waals surface area contributed by atoms with Crippen LogP contribution in [0.15, 0.2) is 36.7 Å². The van der Waals surface area contributed by atoms with Gasteiger partial charge >= 0.3 is 0 Å². The van der Waals surface area contributed by atoms with Crippen LogP contribution in [0.1, 0.15) is 41.4 Å². The Labute approximate surface area is 131 Å². The monoisotopic (exact) mass is 298 g/mol. The number of amides is 1. The molecule has 22 heavy (non-hydrogen) atoms. The van der Waals surface area contributed by atoms with Crippen LogP contribution < -0.4 is 10.6 Å². The quantitative estimate of drug-likeness (QED) is 0.771. The number of nitrogens with zero attached hydrogens (tertiary/aromatic N) is 2. The molecule has 5 heteroatoms. The Balaban J connectivity index is 1.85. The molecule has 0 radical (unpaired) electrons. The Hall–Kier alpha value is -2.43. The van der Waals surface area contributed by atoms with Crippen molar-refractivity contribution in [2.45, 2.75) is 33.2 Å². The molecule has 0 atom stereocenters. The summed E-state index contributed by atoms with van der Waals surface area (Å²) in [5, 5.41) is 6.01. The van der Waals surface area contributed by atoms with E-state index in [9.17, 15) is 4.79 Å². The summed E-state index contributed by atoms with van der Waals surface area (Å²) in [5.41, 5.74) is 2.59. The van der Waals surface area contributed by atoms with Crippen LogP contribution in [0.5, 0.6) is 0 Å². The normalized spacial score (nSPS) is 10.3. The lowest BCUT2D eigenvalue weighted by Crippen LogP contribution is -2.24. The standard InChI is InChI=1S/C17H22N4O/c1-3-4-9-18-16-12-19-15(11-20-16)17(22)21-10-14-7-5-13(2)6-8-14/h5-8,11-12H,3-4,9-10H2,1-2H3,(H,18,20)(H,21,22). The van der Waals surface area contributed by atoms with Gasteiger partial charge in [-0.05, 0) is 18.9 Å². The molecule has 0 fully saturated rings. The first-order chi connectivity index (χ1) is 10.7. The maximum absolute atomic E-state index is 12.0. The second-order valence-corrected chi connectivity index (χ2v) is 5.24. The highest BCUT2D eigenvalue weighted by Crippen LogP contribution is 2.04. The predicted molar refractivity (Wildman–Crippen MR) is 87.8 cm³/mol. The van der Waals surface area contributed by atoms with Crippen molar-refractivity contribution in [1.29, 1.82) is 0 Å². The smallest absolute Gasteiger partial charge is 0.271 e. The molecule has 0 bridgehead atoms. The van der Waals surface area contributed by atoms with Crippen LogP contribution in [-0.2, 0) is 6.54 Å². The van der Waals surface area contributed by atoms with Gasteiger partial charge in [-0.1, -0.05) is 43.2 Å². The lowest BCUT2D eigenvalue weighted by molar-refractivity contribution is 0.0945. The second-order valence-electron chi connectivity index (χ2n) is 5.24. The molecule has 5 nitrogen and oxygen atoms in total. The minimum absolute atomic E-state index is 0.215. The van der Waals surface area contributed by atoms with Gasteiger partial charge in [-0.2, -0.15) is 0 Å². The first kappa shape index (κ1) is 15.9. The van der Waals surface area contributed by atoms with Gasteiger partial charge in [-0.15, -0.1) is 0 Å². The third-order valence-corrected chi connectivity index (χ3v) is 3.29. The average molecular weight is 298 g/mol. The van der Waals surface area contributed by atoms with Gasteiger partial charge in [-0.3, -0.25) is 4.79 Å². The van der Waals surface area contributed by atoms with E-state index in [1.165, 1.54) is 11.8 Å². The van der Waals surface area contributed by atoms with Gasteiger partial charge < -0.3 is 10.6 Å². The molecule has 2 aromatic rings. The zero-order chi connectivity index (χ0) is 15.8. The SMILES string of the molecule is CCCCNc1cnc(C(=O)NCc2ccc(C)cc2)cn1. The largest absolute Gasteiger partial charge is 0.369 e. The first-order valence-electron chi connectivity index (χ1n) is 7.58. The lowest BCUT2D eigenvalue weighted by Gasteiger charge is -2.07. The van der Waals surface area contributed by atoms with E-state index in [4.69, 9.17) is 0 Å². The summed E-state index contributed by atoms with van der Waals surface area (Å²) in [7, 11) is 0. The summed E-state index contributed by atoms with van der Waals surface area (Å²) in [6, 6.07) is 8.06. The van der Waals surface area contributed by atoms with Gasteiger partial charge in [-0.25, -0.2) is 9.97 Å². The molecule has 1 amide bonds. The maximum atomic E-state index is 12.0. The molecule has 1 aromatic heterocycles. The lowest BCUT2D eigenvalue weighted by atomic mass is 10.1. The van der Waals surface area contributed by atoms with Crippen LogP contribution >= 0.6 is 0 Å². The number of anilines is 1. The number of aryl methyl sites for hydroxylation is 1. The van der Waals surface area contributed by atoms with Gasteiger partial charge in [0, 0.05) is 13.1 Å². The Morgan fingerprint density at radius 2 is 1.91 bits per heavy atom. The first-order valence-corrected chi connectivity index (χ1v) is 7.58. The highest BCUT2D eigenvalue weighted by atomic mass is 16.1. The molecule has 0 unspecified atom stereocenters. The van der Waals surface area contributed by atoms with E-state index in [-0.39, 0.29) is 5.91 Å². The number of hydrogen-bond donors (Lipinski definition) is 2. The highest BCUT2D eigenvalue weighted by Gasteiger charge is 2.07. The van der Waals surface area contributed by atoms with Crippen LogP contribution in [0.2, 0.25) is 0 Å². The Morgan fingerprint density at radius 1 is 1.14 bits per heavy atom. The summed E-state index contributed by atoms with van der Waals surface area (Å²) in [5.74, 6) is 0.483. The number of hydrogen-bond acceptors (Lipinski definition) is 4. The molecular weight excluding hydrogens is 276 g/mol. The molecule has 0 saturated heterocycles. The van der Waals surface area contributed by atoms with Gasteiger partial charge in [0.25, 0.3) is 5.91 Å². The van der Waals surface area contributed by atoms with Crippen molar-refractivity contribution >= 4 is 11.7 Å². The van der Waals surface area contributed by atoms with Crippen molar-refractivity contribution in [3.8, 4) is 0 Å². The van der Waals surface area contributed by atoms with E-state index < -0.39 is 0 Å². The fourth-order valence-electron chi connectivity index (χ4n) is 1.91. The van der Waals surface area contributed by atoms with Crippen molar-refractivity contribution in [2.24, 2.45) is 0 Å². The molecule has 0 aliphatic carbocycles. The molecule has 1 aromatic carbocycles. The van der Waals surface area contributed by atoms with Crippen LogP contribution in [0.4, 0.5) is 5.82 Å². The van der Waals surface area contributed by atoms with Crippen LogP contribution in [0.3, 0.4) is 0 Å². The average Bonchev–Trinajstić information content (AvgIpc) is 2.55. The van der Waals surface area contributed by atoms with Crippen LogP contribution in [0.25, 0.3) is 0 Å². The van der Waals surface area contributed by atoms with Crippen molar-refractivity contribution in [3.05, 3.63) is 53.5 Å². The maximum Gasteiger partial charge on any atom is 0.271 e. The fourth-order valence-corrected chi connectivity index (χ4v) is 1.91. The van der Waals surface area contributed by atoms with Crippen LogP contribution in [-0.4, -0.2) is 22.4 Å². The summed E-state index contributed by atoms with van der Waals surface area (Å²) >= 11 is 0. The molecule has 0 spiro atoms. The zero-order valence-electron chi connectivity index (χ0n) is 13.1. The van der Waals surface area contributed by atoms with E-state index in [0.29, 0.717) is 18.1 Å². The summed E-state index contributed by atoms with van der Waals surface area (Å²) in [6.45, 7) is 5.52. The van der Waals surface area contributed by atoms with E-state index in [1.807, 2.05) is 31.2 Å². The summed E-state index contributed by atoms with van der Waals surface area (Å²) in [6.07, 6.45) is 5.30. The molecule has 2 N–H and O–H groups in total. The number of rotatable bonds is 7. The molecule has 0 aliphatic rings. The second kappa shape index (κ2) is 8.12. The van der Waals surface area contributed by atoms with Gasteiger partial charge in [0.2, 0.25) is 0 Å². The van der Waals surface area contributed by atoms with E-state index >= 15 is 0 Å². The van der Waals surface area contributed by atoms with Crippen molar-refractivity contribution in [1.82, 2.24) is 15.3 Å². The summed E-state index contributed by atoms with van der Waals surface area (Å²) in [4.78, 5) is 20.4. The number of aromatic nitrogens is 2. The molecule has 0 aliphatic heterocycles. The fraction of sp³-hybridized carbons (Fsp3) is 0.353. The molecular formula is C17H22N4O. The Bertz CT molecular complexity index is 593. The molecule has 2 rings (SSSR count). The molecule has 0 saturated carbocycles. The summed E-state index contributed by atoms with van der Waals surface area (Å²) < 4.78 is 0. The number of carbonyl (C=O) groups is 1. The van der Waals surface area contributed by atoms with Gasteiger partial charge in [0.05, 0.1) is 12.4 Å². The minimum Gasteiger partial charge on any atom is -0.369 e. The van der Waals surface area contributed by atoms with E-state index in [0.717, 1.165) is 24.9 Å². The van der Waals surface area contributed by atoms with Crippen molar-refractivity contribution in [3.63, 3.8) is 0 Å². The Kier molecular flexibility index (Phi) is 5.89. The third-order valence-electron chi connectivity index (χ3n) is 3.29. The van der Waals surface area contributed by atoms with Gasteiger partial charge in [0.1, 0.15) is 11.5 Å². The Morgan fingerprint density at radius 3 is 2.55 bits per heavy atom. The number of carbonyl (C=O) groups excluding carboxylic acids is 1. The highest BCUT2D eigenvalue weighted by molar-refractivity contribution is 5.91. The third kappa shape index (κ3) is 4.84. The van der Waals surface area contributed by atoms with Crippen LogP contribution in [0, 0.1) is 6.92 Å². The molecule has 116 valence electrons. The minimum atomic E-state index is -0.215. The zero-order valence-corrected chi connectivity index (χ0v) is 13.1. The van der Waals surface area contributed by atoms with Crippen molar-refractivity contribution < 1.29 is 4.79 Å². The predicted octanol–water partition coefficient (Wildman–Crippen LogP) is 2.93. The van der Waals surface area contributed by atoms with Gasteiger partial charge in [0.15, 0.2) is 0 Å². The topological polar surface area (TPSA) is 66.9 Å². The number of benzene rings is 1.